The molecule has 0 fully saturated rings. The third kappa shape index (κ3) is 3.78. The molecule has 1 aromatic rings. The summed E-state index contributed by atoms with van der Waals surface area (Å²) in [5, 5.41) is 14.7. The van der Waals surface area contributed by atoms with Gasteiger partial charge in [-0.05, 0) is 29.8 Å². The second kappa shape index (κ2) is 6.14. The lowest BCUT2D eigenvalue weighted by Crippen LogP contribution is -2.34. The number of hydrogen-bond donors (Lipinski definition) is 1. The molecule has 0 aliphatic heterocycles. The van der Waals surface area contributed by atoms with E-state index in [0.717, 1.165) is 15.9 Å². The van der Waals surface area contributed by atoms with Gasteiger partial charge in [-0.1, -0.05) is 0 Å². The molecule has 1 aromatic heterocycles. The van der Waals surface area contributed by atoms with E-state index in [0.29, 0.717) is 12.8 Å². The van der Waals surface area contributed by atoms with E-state index < -0.39 is 11.9 Å². The zero-order valence-corrected chi connectivity index (χ0v) is 13.1. The lowest BCUT2D eigenvalue weighted by Gasteiger charge is -2.27. The summed E-state index contributed by atoms with van der Waals surface area (Å²) < 4.78 is 13.0. The molecule has 0 aliphatic rings. The molecule has 0 aromatic carbocycles. The largest absolute Gasteiger partial charge is 0.390 e. The standard InChI is InChI=1S/C12H21BrN2O3/c1-8-11(13)9(15(3)14-8)6-12(2,16)7-10(17-4)18-5/h10,16H,6-7H2,1-5H3. The highest BCUT2D eigenvalue weighted by atomic mass is 79.9. The molecule has 0 amide bonds. The van der Waals surface area contributed by atoms with Gasteiger partial charge in [0.15, 0.2) is 6.29 Å². The first-order chi connectivity index (χ1) is 8.30. The first kappa shape index (κ1) is 15.6. The number of hydrogen-bond acceptors (Lipinski definition) is 4. The number of halogens is 1. The number of rotatable bonds is 6. The molecule has 18 heavy (non-hydrogen) atoms. The number of ether oxygens (including phenoxy) is 2. The third-order valence-corrected chi connectivity index (χ3v) is 3.97. The van der Waals surface area contributed by atoms with E-state index in [1.807, 2.05) is 14.0 Å². The number of methoxy groups -OCH3 is 2. The quantitative estimate of drug-likeness (QED) is 0.812. The molecule has 5 nitrogen and oxygen atoms in total. The van der Waals surface area contributed by atoms with Crippen LogP contribution in [0.1, 0.15) is 24.7 Å². The summed E-state index contributed by atoms with van der Waals surface area (Å²) in [6.07, 6.45) is 0.471. The fourth-order valence-electron chi connectivity index (χ4n) is 1.93. The van der Waals surface area contributed by atoms with E-state index in [2.05, 4.69) is 21.0 Å². The number of aromatic nitrogens is 2. The van der Waals surface area contributed by atoms with Crippen molar-refractivity contribution in [3.63, 3.8) is 0 Å². The molecule has 0 bridgehead atoms. The van der Waals surface area contributed by atoms with E-state index in [1.54, 1.807) is 25.8 Å². The summed E-state index contributed by atoms with van der Waals surface area (Å²) in [7, 11) is 5.00. The molecule has 0 radical (unpaired) electrons. The fraction of sp³-hybridized carbons (Fsp3) is 0.750. The lowest BCUT2D eigenvalue weighted by molar-refractivity contribution is -0.140. The highest BCUT2D eigenvalue weighted by molar-refractivity contribution is 9.10. The predicted molar refractivity (Wildman–Crippen MR) is 72.4 cm³/mol. The highest BCUT2D eigenvalue weighted by Crippen LogP contribution is 2.27. The van der Waals surface area contributed by atoms with Gasteiger partial charge in [0.1, 0.15) is 0 Å². The van der Waals surface area contributed by atoms with Crippen LogP contribution in [-0.4, -0.2) is 41.0 Å². The fourth-order valence-corrected chi connectivity index (χ4v) is 2.40. The van der Waals surface area contributed by atoms with Crippen molar-refractivity contribution in [3.8, 4) is 0 Å². The van der Waals surface area contributed by atoms with Crippen LogP contribution >= 0.6 is 15.9 Å². The van der Waals surface area contributed by atoms with Crippen molar-refractivity contribution < 1.29 is 14.6 Å². The van der Waals surface area contributed by atoms with Crippen molar-refractivity contribution in [2.75, 3.05) is 14.2 Å². The van der Waals surface area contributed by atoms with E-state index in [-0.39, 0.29) is 0 Å². The maximum atomic E-state index is 10.4. The molecule has 1 unspecified atom stereocenters. The molecule has 0 saturated carbocycles. The minimum absolute atomic E-state index is 0.399. The Kier molecular flexibility index (Phi) is 5.33. The van der Waals surface area contributed by atoms with Gasteiger partial charge in [0.2, 0.25) is 0 Å². The Morgan fingerprint density at radius 2 is 2.00 bits per heavy atom. The van der Waals surface area contributed by atoms with E-state index in [1.165, 1.54) is 0 Å². The summed E-state index contributed by atoms with van der Waals surface area (Å²) in [6, 6.07) is 0. The van der Waals surface area contributed by atoms with Crippen LogP contribution in [0.25, 0.3) is 0 Å². The van der Waals surface area contributed by atoms with Gasteiger partial charge in [0.05, 0.1) is 21.5 Å². The van der Waals surface area contributed by atoms with Gasteiger partial charge < -0.3 is 14.6 Å². The SMILES string of the molecule is COC(CC(C)(O)Cc1c(Br)c(C)nn1C)OC. The normalized spacial score (nSPS) is 15.1. The number of aliphatic hydroxyl groups is 1. The molecule has 0 saturated heterocycles. The second-order valence-electron chi connectivity index (χ2n) is 4.75. The van der Waals surface area contributed by atoms with Crippen LogP contribution in [0.5, 0.6) is 0 Å². The Balaban J connectivity index is 2.81. The van der Waals surface area contributed by atoms with Gasteiger partial charge in [-0.25, -0.2) is 0 Å². The van der Waals surface area contributed by atoms with Crippen LogP contribution in [-0.2, 0) is 22.9 Å². The lowest BCUT2D eigenvalue weighted by atomic mass is 9.95. The van der Waals surface area contributed by atoms with Crippen LogP contribution in [0.4, 0.5) is 0 Å². The van der Waals surface area contributed by atoms with Gasteiger partial charge in [-0.2, -0.15) is 5.10 Å². The third-order valence-electron chi connectivity index (χ3n) is 2.94. The van der Waals surface area contributed by atoms with Gasteiger partial charge in [-0.15, -0.1) is 0 Å². The second-order valence-corrected chi connectivity index (χ2v) is 5.54. The minimum atomic E-state index is -0.917. The first-order valence-corrected chi connectivity index (χ1v) is 6.56. The summed E-state index contributed by atoms with van der Waals surface area (Å²) in [5.41, 5.74) is 0.959. The monoisotopic (exact) mass is 320 g/mol. The minimum Gasteiger partial charge on any atom is -0.390 e. The van der Waals surface area contributed by atoms with Crippen molar-refractivity contribution in [3.05, 3.63) is 15.9 Å². The molecule has 104 valence electrons. The first-order valence-electron chi connectivity index (χ1n) is 5.76. The molecule has 1 heterocycles. The Hall–Kier alpha value is -0.430. The van der Waals surface area contributed by atoms with Crippen molar-refractivity contribution in [1.82, 2.24) is 9.78 Å². The maximum absolute atomic E-state index is 10.4. The van der Waals surface area contributed by atoms with Crippen molar-refractivity contribution in [2.24, 2.45) is 7.05 Å². The molecular formula is C12H21BrN2O3. The van der Waals surface area contributed by atoms with Crippen molar-refractivity contribution >= 4 is 15.9 Å². The Morgan fingerprint density at radius 3 is 2.39 bits per heavy atom. The van der Waals surface area contributed by atoms with Crippen LogP contribution in [0.3, 0.4) is 0 Å². The summed E-state index contributed by atoms with van der Waals surface area (Å²) in [6.45, 7) is 3.70. The summed E-state index contributed by atoms with van der Waals surface area (Å²) >= 11 is 3.50. The summed E-state index contributed by atoms with van der Waals surface area (Å²) in [4.78, 5) is 0. The van der Waals surface area contributed by atoms with Gasteiger partial charge in [0.25, 0.3) is 0 Å². The maximum Gasteiger partial charge on any atom is 0.159 e. The molecule has 1 rings (SSSR count). The molecule has 0 spiro atoms. The van der Waals surface area contributed by atoms with Crippen molar-refractivity contribution in [1.29, 1.82) is 0 Å². The average Bonchev–Trinajstić information content (AvgIpc) is 2.53. The molecule has 1 N–H and O–H groups in total. The van der Waals surface area contributed by atoms with Crippen LogP contribution in [0.2, 0.25) is 0 Å². The van der Waals surface area contributed by atoms with E-state index in [9.17, 15) is 5.11 Å². The Labute approximate surface area is 116 Å². The molecular weight excluding hydrogens is 300 g/mol. The molecule has 0 aliphatic carbocycles. The van der Waals surface area contributed by atoms with E-state index in [4.69, 9.17) is 9.47 Å². The smallest absolute Gasteiger partial charge is 0.159 e. The topological polar surface area (TPSA) is 56.5 Å². The van der Waals surface area contributed by atoms with Gasteiger partial charge in [0, 0.05) is 34.1 Å². The van der Waals surface area contributed by atoms with Gasteiger partial charge in [-0.3, -0.25) is 4.68 Å². The van der Waals surface area contributed by atoms with Crippen LogP contribution < -0.4 is 0 Å². The zero-order chi connectivity index (χ0) is 13.9. The molecule has 1 atom stereocenters. The van der Waals surface area contributed by atoms with Crippen LogP contribution in [0, 0.1) is 6.92 Å². The molecule has 6 heteroatoms. The number of aryl methyl sites for hydroxylation is 2. The summed E-state index contributed by atoms with van der Waals surface area (Å²) in [5.74, 6) is 0. The predicted octanol–water partition coefficient (Wildman–Crippen LogP) is 1.79. The van der Waals surface area contributed by atoms with E-state index >= 15 is 0 Å². The van der Waals surface area contributed by atoms with Gasteiger partial charge >= 0.3 is 0 Å². The number of nitrogens with zero attached hydrogens (tertiary/aromatic N) is 2. The Bertz CT molecular complexity index is 400. The van der Waals surface area contributed by atoms with Crippen LogP contribution in [0.15, 0.2) is 4.47 Å². The Morgan fingerprint density at radius 1 is 1.44 bits per heavy atom. The van der Waals surface area contributed by atoms with Crippen molar-refractivity contribution in [2.45, 2.75) is 38.6 Å². The highest BCUT2D eigenvalue weighted by Gasteiger charge is 2.28. The zero-order valence-electron chi connectivity index (χ0n) is 11.5. The average molecular weight is 321 g/mol.